The summed E-state index contributed by atoms with van der Waals surface area (Å²) >= 11 is 0. The van der Waals surface area contributed by atoms with Gasteiger partial charge in [0, 0.05) is 17.7 Å². The summed E-state index contributed by atoms with van der Waals surface area (Å²) in [5.74, 6) is 0.668. The van der Waals surface area contributed by atoms with Crippen molar-refractivity contribution in [2.45, 2.75) is 12.0 Å². The molecule has 5 nitrogen and oxygen atoms in total. The van der Waals surface area contributed by atoms with Crippen LogP contribution in [0.1, 0.15) is 12.0 Å². The molecule has 1 aliphatic heterocycles. The average molecular weight is 298 g/mol. The average Bonchev–Trinajstić information content (AvgIpc) is 2.55. The van der Waals surface area contributed by atoms with Crippen molar-refractivity contribution in [3.63, 3.8) is 0 Å². The molecule has 2 amide bonds. The Kier molecular flexibility index (Phi) is 3.98. The van der Waals surface area contributed by atoms with E-state index in [2.05, 4.69) is 10.6 Å². The molecule has 5 heteroatoms. The van der Waals surface area contributed by atoms with Crippen LogP contribution < -0.4 is 15.4 Å². The van der Waals surface area contributed by atoms with Crippen LogP contribution in [0.25, 0.3) is 0 Å². The van der Waals surface area contributed by atoms with Crippen LogP contribution in [0.2, 0.25) is 0 Å². The Hall–Kier alpha value is -2.53. The van der Waals surface area contributed by atoms with Crippen LogP contribution in [0.5, 0.6) is 5.75 Å². The zero-order valence-electron chi connectivity index (χ0n) is 12.1. The third kappa shape index (κ3) is 3.04. The van der Waals surface area contributed by atoms with Gasteiger partial charge in [0.1, 0.15) is 11.4 Å². The summed E-state index contributed by atoms with van der Waals surface area (Å²) in [7, 11) is 0. The van der Waals surface area contributed by atoms with Gasteiger partial charge in [-0.05, 0) is 18.2 Å². The van der Waals surface area contributed by atoms with Crippen molar-refractivity contribution in [1.82, 2.24) is 5.32 Å². The maximum absolute atomic E-state index is 11.9. The molecule has 1 heterocycles. The third-order valence-electron chi connectivity index (χ3n) is 3.73. The number of anilines is 1. The van der Waals surface area contributed by atoms with Gasteiger partial charge >= 0.3 is 6.03 Å². The minimum absolute atomic E-state index is 0.131. The molecule has 1 aliphatic rings. The molecule has 2 aromatic rings. The normalized spacial score (nSPS) is 19.7. The first kappa shape index (κ1) is 14.4. The Morgan fingerprint density at radius 2 is 1.86 bits per heavy atom. The molecule has 0 fully saturated rings. The number of benzene rings is 2. The second kappa shape index (κ2) is 6.07. The highest BCUT2D eigenvalue weighted by Crippen LogP contribution is 2.36. The van der Waals surface area contributed by atoms with Crippen LogP contribution >= 0.6 is 0 Å². The number of carbonyl (C=O) groups is 1. The Labute approximate surface area is 128 Å². The van der Waals surface area contributed by atoms with Crippen LogP contribution in [0.3, 0.4) is 0 Å². The van der Waals surface area contributed by atoms with E-state index in [1.54, 1.807) is 12.1 Å². The number of aliphatic hydroxyl groups is 1. The van der Waals surface area contributed by atoms with E-state index in [0.29, 0.717) is 30.0 Å². The largest absolute Gasteiger partial charge is 0.493 e. The highest BCUT2D eigenvalue weighted by atomic mass is 16.5. The predicted octanol–water partition coefficient (Wildman–Crippen LogP) is 2.48. The lowest BCUT2D eigenvalue weighted by molar-refractivity contribution is 0.000399. The van der Waals surface area contributed by atoms with E-state index in [-0.39, 0.29) is 12.6 Å². The van der Waals surface area contributed by atoms with Crippen LogP contribution in [0.4, 0.5) is 10.5 Å². The lowest BCUT2D eigenvalue weighted by Gasteiger charge is -2.34. The molecule has 3 N–H and O–H groups in total. The number of amides is 2. The molecular formula is C17H18N2O3. The number of para-hydroxylation sites is 2. The number of fused-ring (bicyclic) bond motifs is 1. The molecule has 0 bridgehead atoms. The van der Waals surface area contributed by atoms with Gasteiger partial charge in [0.25, 0.3) is 0 Å². The quantitative estimate of drug-likeness (QED) is 0.815. The molecule has 2 aromatic carbocycles. The standard InChI is InChI=1S/C17H18N2O3/c20-16(19-13-6-2-1-3-7-13)18-12-17(21)10-11-22-15-9-5-4-8-14(15)17/h1-9,21H,10-12H2,(H2,18,19,20)/t17-/m0/s1. The molecule has 3 rings (SSSR count). The third-order valence-corrected chi connectivity index (χ3v) is 3.73. The number of nitrogens with one attached hydrogen (secondary N) is 2. The van der Waals surface area contributed by atoms with E-state index in [1.165, 1.54) is 0 Å². The number of rotatable bonds is 3. The molecule has 114 valence electrons. The summed E-state index contributed by atoms with van der Waals surface area (Å²) < 4.78 is 5.53. The summed E-state index contributed by atoms with van der Waals surface area (Å²) in [5.41, 5.74) is 0.309. The molecule has 0 saturated carbocycles. The van der Waals surface area contributed by atoms with Crippen LogP contribution in [-0.4, -0.2) is 24.3 Å². The van der Waals surface area contributed by atoms with Gasteiger partial charge in [-0.2, -0.15) is 0 Å². The van der Waals surface area contributed by atoms with Crippen molar-refractivity contribution in [3.05, 3.63) is 60.2 Å². The zero-order chi connectivity index (χ0) is 15.4. The monoisotopic (exact) mass is 298 g/mol. The van der Waals surface area contributed by atoms with E-state index in [4.69, 9.17) is 4.74 Å². The highest BCUT2D eigenvalue weighted by Gasteiger charge is 2.35. The van der Waals surface area contributed by atoms with Gasteiger partial charge in [0.2, 0.25) is 0 Å². The smallest absolute Gasteiger partial charge is 0.319 e. The van der Waals surface area contributed by atoms with Crippen LogP contribution in [0.15, 0.2) is 54.6 Å². The second-order valence-corrected chi connectivity index (χ2v) is 5.30. The Balaban J connectivity index is 1.65. The Morgan fingerprint density at radius 1 is 1.14 bits per heavy atom. The van der Waals surface area contributed by atoms with E-state index >= 15 is 0 Å². The minimum atomic E-state index is -1.11. The lowest BCUT2D eigenvalue weighted by Crippen LogP contribution is -2.45. The van der Waals surface area contributed by atoms with Gasteiger partial charge in [-0.15, -0.1) is 0 Å². The molecule has 0 unspecified atom stereocenters. The van der Waals surface area contributed by atoms with E-state index in [9.17, 15) is 9.90 Å². The zero-order valence-corrected chi connectivity index (χ0v) is 12.1. The molecule has 0 spiro atoms. The molecule has 0 aliphatic carbocycles. The van der Waals surface area contributed by atoms with Crippen LogP contribution in [0, 0.1) is 0 Å². The van der Waals surface area contributed by atoms with E-state index in [0.717, 1.165) is 0 Å². The second-order valence-electron chi connectivity index (χ2n) is 5.30. The first-order chi connectivity index (χ1) is 10.7. The topological polar surface area (TPSA) is 70.6 Å². The van der Waals surface area contributed by atoms with Gasteiger partial charge in [-0.25, -0.2) is 4.79 Å². The summed E-state index contributed by atoms with van der Waals surface area (Å²) in [6.07, 6.45) is 0.440. The van der Waals surface area contributed by atoms with Crippen molar-refractivity contribution >= 4 is 11.7 Å². The highest BCUT2D eigenvalue weighted by molar-refractivity contribution is 5.89. The molecule has 0 aromatic heterocycles. The first-order valence-corrected chi connectivity index (χ1v) is 7.22. The number of hydrogen-bond donors (Lipinski definition) is 3. The van der Waals surface area contributed by atoms with Crippen molar-refractivity contribution in [2.75, 3.05) is 18.5 Å². The van der Waals surface area contributed by atoms with Gasteiger partial charge in [0.15, 0.2) is 0 Å². The molecule has 0 radical (unpaired) electrons. The molecule has 22 heavy (non-hydrogen) atoms. The van der Waals surface area contributed by atoms with Crippen LogP contribution in [-0.2, 0) is 5.60 Å². The molecule has 1 atom stereocenters. The van der Waals surface area contributed by atoms with Gasteiger partial charge in [-0.3, -0.25) is 0 Å². The van der Waals surface area contributed by atoms with Gasteiger partial charge in [-0.1, -0.05) is 36.4 Å². The van der Waals surface area contributed by atoms with Crippen molar-refractivity contribution in [2.24, 2.45) is 0 Å². The lowest BCUT2D eigenvalue weighted by atomic mass is 9.88. The Morgan fingerprint density at radius 3 is 2.68 bits per heavy atom. The number of ether oxygens (including phenoxy) is 1. The molecule has 0 saturated heterocycles. The van der Waals surface area contributed by atoms with Gasteiger partial charge < -0.3 is 20.5 Å². The van der Waals surface area contributed by atoms with Crippen molar-refractivity contribution < 1.29 is 14.6 Å². The summed E-state index contributed by atoms with van der Waals surface area (Å²) in [5, 5.41) is 16.3. The number of carbonyl (C=O) groups excluding carboxylic acids is 1. The maximum atomic E-state index is 11.9. The fraction of sp³-hybridized carbons (Fsp3) is 0.235. The number of urea groups is 1. The SMILES string of the molecule is O=C(NC[C@@]1(O)CCOc2ccccc21)Nc1ccccc1. The fourth-order valence-corrected chi connectivity index (χ4v) is 2.55. The first-order valence-electron chi connectivity index (χ1n) is 7.22. The molecular weight excluding hydrogens is 280 g/mol. The number of hydrogen-bond acceptors (Lipinski definition) is 3. The summed E-state index contributed by atoms with van der Waals surface area (Å²) in [6, 6.07) is 16.2. The van der Waals surface area contributed by atoms with E-state index < -0.39 is 5.60 Å². The van der Waals surface area contributed by atoms with Gasteiger partial charge in [0.05, 0.1) is 13.2 Å². The van der Waals surface area contributed by atoms with Crippen molar-refractivity contribution in [1.29, 1.82) is 0 Å². The summed E-state index contributed by atoms with van der Waals surface area (Å²) in [4.78, 5) is 11.9. The minimum Gasteiger partial charge on any atom is -0.493 e. The maximum Gasteiger partial charge on any atom is 0.319 e. The summed E-state index contributed by atoms with van der Waals surface area (Å²) in [6.45, 7) is 0.557. The van der Waals surface area contributed by atoms with Crippen molar-refractivity contribution in [3.8, 4) is 5.75 Å². The predicted molar refractivity (Wildman–Crippen MR) is 83.9 cm³/mol. The Bertz CT molecular complexity index is 660. The fourth-order valence-electron chi connectivity index (χ4n) is 2.55. The van der Waals surface area contributed by atoms with E-state index in [1.807, 2.05) is 42.5 Å².